The molecule has 0 amide bonds. The molecule has 0 bridgehead atoms. The molecule has 0 saturated carbocycles. The van der Waals surface area contributed by atoms with Crippen LogP contribution in [0.25, 0.3) is 132 Å². The maximum Gasteiger partial charge on any atom is 0.159 e. The van der Waals surface area contributed by atoms with Crippen LogP contribution < -0.4 is 14.7 Å². The second-order valence-electron chi connectivity index (χ2n) is 38.0. The van der Waals surface area contributed by atoms with E-state index < -0.39 is 16.2 Å². The summed E-state index contributed by atoms with van der Waals surface area (Å²) in [6, 6.07) is 198. The minimum Gasteiger partial charge on any atom is -0.456 e. The van der Waals surface area contributed by atoms with Crippen LogP contribution in [0.3, 0.4) is 0 Å². The first kappa shape index (κ1) is 84.9. The number of hydrogen-bond acceptors (Lipinski definition) is 7. The van der Waals surface area contributed by atoms with Crippen molar-refractivity contribution < 1.29 is 17.7 Å². The SMILES string of the molecule is c1ccc(N(c2ccc(C3(c4ccccc4)c4ccccc4-c4ccccc43)c3c2oc2ccccc23)c2cccc3oc4ccccc4c23)cc1.c1ccc(N(c2cccc3ccccc23)c2ccc(C3(c4ccccc4)c4ccccc4-c4ccccc43)c3c2oc2ccccc23)cc1.c1ccc(N(c2ccccc2)c2ccc(C3(c4ccccc4)c4ccccc4-c4ccccc43)c3c2oc2ccccc23)cc1. The Labute approximate surface area is 844 Å². The van der Waals surface area contributed by atoms with E-state index in [2.05, 4.69) is 555 Å². The van der Waals surface area contributed by atoms with Gasteiger partial charge in [0.05, 0.1) is 50.1 Å². The Balaban J connectivity index is 0.000000106. The first-order valence-electron chi connectivity index (χ1n) is 50.1. The number of para-hydroxylation sites is 8. The van der Waals surface area contributed by atoms with E-state index in [0.29, 0.717) is 0 Å². The van der Waals surface area contributed by atoms with Crippen molar-refractivity contribution in [1.29, 1.82) is 0 Å². The van der Waals surface area contributed by atoms with E-state index in [0.717, 1.165) is 139 Å². The van der Waals surface area contributed by atoms with Gasteiger partial charge in [-0.3, -0.25) is 0 Å². The highest BCUT2D eigenvalue weighted by Crippen LogP contribution is 2.64. The molecule has 30 rings (SSSR count). The van der Waals surface area contributed by atoms with Crippen molar-refractivity contribution in [2.75, 3.05) is 14.7 Å². The number of hydrogen-bond donors (Lipinski definition) is 0. The van der Waals surface area contributed by atoms with Gasteiger partial charge in [0.1, 0.15) is 27.9 Å². The summed E-state index contributed by atoms with van der Waals surface area (Å²) in [6.07, 6.45) is 0. The Hall–Kier alpha value is -19.1. The van der Waals surface area contributed by atoms with Crippen LogP contribution in [-0.4, -0.2) is 0 Å². The Morgan fingerprint density at radius 1 is 0.137 bits per heavy atom. The van der Waals surface area contributed by atoms with Crippen molar-refractivity contribution in [3.63, 3.8) is 0 Å². The summed E-state index contributed by atoms with van der Waals surface area (Å²) in [4.78, 5) is 7.01. The van der Waals surface area contributed by atoms with Gasteiger partial charge in [0.15, 0.2) is 16.7 Å². The van der Waals surface area contributed by atoms with E-state index >= 15 is 0 Å². The Morgan fingerprint density at radius 3 is 0.712 bits per heavy atom. The van der Waals surface area contributed by atoms with Crippen LogP contribution in [0.2, 0.25) is 0 Å². The number of anilines is 9. The molecule has 7 heteroatoms. The summed E-state index contributed by atoms with van der Waals surface area (Å²) in [6.45, 7) is 0. The molecule has 0 saturated heterocycles. The largest absolute Gasteiger partial charge is 0.456 e. The highest BCUT2D eigenvalue weighted by molar-refractivity contribution is 6.20. The molecule has 4 heterocycles. The normalized spacial score (nSPS) is 13.1. The molecule has 27 aromatic rings. The van der Waals surface area contributed by atoms with E-state index in [9.17, 15) is 0 Å². The average Bonchev–Trinajstić information content (AvgIpc) is 1.53. The van der Waals surface area contributed by atoms with Crippen LogP contribution >= 0.6 is 0 Å². The van der Waals surface area contributed by atoms with Crippen molar-refractivity contribution in [2.24, 2.45) is 0 Å². The zero-order valence-corrected chi connectivity index (χ0v) is 79.5. The van der Waals surface area contributed by atoms with Gasteiger partial charge in [0.25, 0.3) is 0 Å². The fourth-order valence-electron chi connectivity index (χ4n) is 24.8. The highest BCUT2D eigenvalue weighted by atomic mass is 16.3. The lowest BCUT2D eigenvalue weighted by molar-refractivity contribution is 0.667. The molecule has 0 unspecified atom stereocenters. The lowest BCUT2D eigenvalue weighted by Gasteiger charge is -2.35. The smallest absolute Gasteiger partial charge is 0.159 e. The predicted molar refractivity (Wildman–Crippen MR) is 602 cm³/mol. The molecule has 23 aromatic carbocycles. The first-order valence-corrected chi connectivity index (χ1v) is 50.1. The second kappa shape index (κ2) is 34.7. The molecule has 3 aliphatic carbocycles. The molecule has 0 aliphatic heterocycles. The molecule has 3 aliphatic rings. The Kier molecular flexibility index (Phi) is 20.2. The molecule has 0 atom stereocenters. The molecule has 0 spiro atoms. The fraction of sp³-hybridized carbons (Fsp3) is 0.0216. The molecule has 686 valence electrons. The van der Waals surface area contributed by atoms with E-state index in [1.54, 1.807) is 0 Å². The lowest BCUT2D eigenvalue weighted by atomic mass is 9.66. The molecular formula is C139H91N3O4. The summed E-state index contributed by atoms with van der Waals surface area (Å²) in [7, 11) is 0. The van der Waals surface area contributed by atoms with Crippen molar-refractivity contribution >= 4 is 150 Å². The minimum atomic E-state index is -0.587. The van der Waals surface area contributed by atoms with Crippen LogP contribution in [0.4, 0.5) is 51.2 Å². The number of benzene rings is 23. The van der Waals surface area contributed by atoms with Crippen LogP contribution in [0.1, 0.15) is 66.8 Å². The van der Waals surface area contributed by atoms with Crippen molar-refractivity contribution in [3.8, 4) is 33.4 Å². The lowest BCUT2D eigenvalue weighted by Crippen LogP contribution is -2.29. The summed E-state index contributed by atoms with van der Waals surface area (Å²) >= 11 is 0. The fourth-order valence-corrected chi connectivity index (χ4v) is 24.8. The van der Waals surface area contributed by atoms with Crippen LogP contribution in [-0.2, 0) is 16.2 Å². The quantitative estimate of drug-likeness (QED) is 0.101. The predicted octanol–water partition coefficient (Wildman–Crippen LogP) is 37.3. The van der Waals surface area contributed by atoms with Gasteiger partial charge in [0.2, 0.25) is 0 Å². The molecule has 0 fully saturated rings. The average molecular weight is 1870 g/mol. The minimum absolute atomic E-state index is 0.539. The van der Waals surface area contributed by atoms with Crippen LogP contribution in [0.15, 0.2) is 570 Å². The number of rotatable bonds is 15. The van der Waals surface area contributed by atoms with Gasteiger partial charge >= 0.3 is 0 Å². The molecule has 4 aromatic heterocycles. The highest BCUT2D eigenvalue weighted by Gasteiger charge is 2.52. The summed E-state index contributed by atoms with van der Waals surface area (Å²) in [5.74, 6) is 0. The van der Waals surface area contributed by atoms with Gasteiger partial charge in [-0.05, 0) is 215 Å². The summed E-state index contributed by atoms with van der Waals surface area (Å²) in [5.41, 5.74) is 37.2. The van der Waals surface area contributed by atoms with E-state index in [1.807, 2.05) is 12.1 Å². The van der Waals surface area contributed by atoms with E-state index in [-0.39, 0.29) is 0 Å². The number of furan rings is 4. The number of nitrogens with zero attached hydrogens (tertiary/aromatic N) is 3. The molecule has 0 N–H and O–H groups in total. The third-order valence-electron chi connectivity index (χ3n) is 30.6. The van der Waals surface area contributed by atoms with Crippen LogP contribution in [0.5, 0.6) is 0 Å². The second-order valence-corrected chi connectivity index (χ2v) is 38.0. The maximum atomic E-state index is 7.08. The van der Waals surface area contributed by atoms with Gasteiger partial charge in [-0.15, -0.1) is 0 Å². The van der Waals surface area contributed by atoms with Gasteiger partial charge in [0, 0.05) is 65.8 Å². The zero-order chi connectivity index (χ0) is 96.4. The molecule has 146 heavy (non-hydrogen) atoms. The molecular weight excluding hydrogens is 1780 g/mol. The van der Waals surface area contributed by atoms with Gasteiger partial charge in [-0.1, -0.05) is 443 Å². The summed E-state index contributed by atoms with van der Waals surface area (Å²) < 4.78 is 27.5. The third-order valence-corrected chi connectivity index (χ3v) is 30.6. The van der Waals surface area contributed by atoms with Crippen LogP contribution in [0, 0.1) is 0 Å². The third kappa shape index (κ3) is 12.9. The monoisotopic (exact) mass is 1870 g/mol. The standard InChI is InChI=1S/C49H31NO2.C47H31NO.C43H29NO/c1-3-16-32(17-4-1)49(38-24-11-7-20-34(38)35-21-8-12-25-39(35)49)40-30-31-42(48-46(40)36-22-9-14-28-44(36)52-48)50(33-18-5-2-6-19-33)41-26-15-29-45-47(41)37-23-10-13-27-43(37)51-45;1-3-18-33(19-4-1)47(39-26-12-9-23-36(39)37-24-10-13-27-40(37)47)41-30-31-43(46-45(41)38-25-11-14-29-44(38)49-46)48(34-20-5-2-6-21-34)42-28-15-17-32-16-7-8-22-35(32)42;1-4-16-30(17-5-1)43(36-25-13-10-22-33(36)34-23-11-14-26-37(34)43)38-28-29-39(42-41(38)35-24-12-15-27-40(35)45-42)44(31-18-6-2-7-19-31)32-20-8-3-9-21-32/h1-31H;1-31H;1-29H. The first-order chi connectivity index (χ1) is 72.5. The van der Waals surface area contributed by atoms with E-state index in [1.165, 1.54) is 111 Å². The molecule has 7 nitrogen and oxygen atoms in total. The van der Waals surface area contributed by atoms with Gasteiger partial charge in [-0.25, -0.2) is 0 Å². The molecule has 0 radical (unpaired) electrons. The van der Waals surface area contributed by atoms with Crippen molar-refractivity contribution in [3.05, 3.63) is 619 Å². The maximum absolute atomic E-state index is 7.08. The van der Waals surface area contributed by atoms with Crippen molar-refractivity contribution in [1.82, 2.24) is 0 Å². The van der Waals surface area contributed by atoms with Gasteiger partial charge < -0.3 is 32.4 Å². The van der Waals surface area contributed by atoms with Gasteiger partial charge in [-0.2, -0.15) is 0 Å². The summed E-state index contributed by atoms with van der Waals surface area (Å²) in [5, 5.41) is 11.2. The topological polar surface area (TPSA) is 62.3 Å². The Bertz CT molecular complexity index is 9550. The Morgan fingerprint density at radius 2 is 0.370 bits per heavy atom. The van der Waals surface area contributed by atoms with Crippen molar-refractivity contribution in [2.45, 2.75) is 16.2 Å². The van der Waals surface area contributed by atoms with E-state index in [4.69, 9.17) is 17.7 Å². The number of fused-ring (bicyclic) bond motifs is 22. The zero-order valence-electron chi connectivity index (χ0n) is 79.5.